The van der Waals surface area contributed by atoms with E-state index in [0.717, 1.165) is 39.7 Å². The summed E-state index contributed by atoms with van der Waals surface area (Å²) in [5.74, 6) is 1.77. The quantitative estimate of drug-likeness (QED) is 0.171. The highest BCUT2D eigenvalue weighted by Crippen LogP contribution is 2.67. The highest BCUT2D eigenvalue weighted by molar-refractivity contribution is 7.99. The van der Waals surface area contributed by atoms with E-state index in [4.69, 9.17) is 4.74 Å². The van der Waals surface area contributed by atoms with E-state index in [0.29, 0.717) is 0 Å². The summed E-state index contributed by atoms with van der Waals surface area (Å²) in [4.78, 5) is 5.16. The number of anilines is 3. The molecule has 332 valence electrons. The topological polar surface area (TPSA) is 12.5 Å². The van der Waals surface area contributed by atoms with Gasteiger partial charge in [0.1, 0.15) is 11.5 Å². The summed E-state index contributed by atoms with van der Waals surface area (Å²) in [5, 5.41) is 0. The molecule has 0 fully saturated rings. The molecule has 4 aliphatic rings. The van der Waals surface area contributed by atoms with Crippen LogP contribution in [-0.2, 0) is 10.8 Å². The SMILES string of the molecule is c1ccc(-c2cccc(-c3ccc(N(c4cccc5c4-c4ccccc4C54c5ccccc5Oc5ccccc54)c4cccc5c4C4(c6ccccc6Sc6ccccc64)c4ccccc4-5)cc3)c2)cc1. The molecule has 0 saturated carbocycles. The van der Waals surface area contributed by atoms with Crippen molar-refractivity contribution in [3.05, 3.63) is 305 Å². The third-order valence-corrected chi connectivity index (χ3v) is 16.8. The minimum atomic E-state index is -0.624. The van der Waals surface area contributed by atoms with Gasteiger partial charge in [0, 0.05) is 37.7 Å². The molecule has 11 aromatic rings. The normalized spacial score (nSPS) is 14.2. The van der Waals surface area contributed by atoms with Crippen molar-refractivity contribution in [3.63, 3.8) is 0 Å². The third-order valence-electron chi connectivity index (χ3n) is 15.6. The van der Waals surface area contributed by atoms with Gasteiger partial charge in [-0.3, -0.25) is 0 Å². The van der Waals surface area contributed by atoms with Crippen molar-refractivity contribution in [3.8, 4) is 56.0 Å². The summed E-state index contributed by atoms with van der Waals surface area (Å²) in [5.41, 5.74) is 21.9. The Morgan fingerprint density at radius 1 is 0.310 bits per heavy atom. The van der Waals surface area contributed by atoms with E-state index in [1.807, 2.05) is 11.8 Å². The van der Waals surface area contributed by atoms with Gasteiger partial charge in [0.15, 0.2) is 0 Å². The molecule has 11 aromatic carbocycles. The Balaban J connectivity index is 1.03. The van der Waals surface area contributed by atoms with Gasteiger partial charge in [-0.2, -0.15) is 0 Å². The molecule has 0 atom stereocenters. The molecule has 15 rings (SSSR count). The highest BCUT2D eigenvalue weighted by Gasteiger charge is 2.54. The van der Waals surface area contributed by atoms with Crippen LogP contribution in [0.1, 0.15) is 44.5 Å². The van der Waals surface area contributed by atoms with Gasteiger partial charge in [-0.25, -0.2) is 0 Å². The summed E-state index contributed by atoms with van der Waals surface area (Å²) < 4.78 is 6.78. The number of para-hydroxylation sites is 2. The van der Waals surface area contributed by atoms with Gasteiger partial charge in [0.2, 0.25) is 0 Å². The van der Waals surface area contributed by atoms with Crippen molar-refractivity contribution in [2.24, 2.45) is 0 Å². The molecule has 0 N–H and O–H groups in total. The molecule has 2 heterocycles. The van der Waals surface area contributed by atoms with Crippen LogP contribution < -0.4 is 9.64 Å². The third kappa shape index (κ3) is 5.55. The summed E-state index contributed by atoms with van der Waals surface area (Å²) in [7, 11) is 0. The van der Waals surface area contributed by atoms with Crippen molar-refractivity contribution in [1.29, 1.82) is 0 Å². The van der Waals surface area contributed by atoms with Gasteiger partial charge in [0.25, 0.3) is 0 Å². The zero-order chi connectivity index (χ0) is 46.7. The number of hydrogen-bond acceptors (Lipinski definition) is 3. The summed E-state index contributed by atoms with van der Waals surface area (Å²) >= 11 is 1.88. The van der Waals surface area contributed by atoms with Crippen LogP contribution in [0.2, 0.25) is 0 Å². The van der Waals surface area contributed by atoms with E-state index < -0.39 is 10.8 Å². The predicted molar refractivity (Wildman–Crippen MR) is 291 cm³/mol. The second kappa shape index (κ2) is 15.4. The summed E-state index contributed by atoms with van der Waals surface area (Å²) in [6, 6.07) is 96.7. The minimum absolute atomic E-state index is 0.604. The molecule has 0 radical (unpaired) electrons. The lowest BCUT2D eigenvalue weighted by Crippen LogP contribution is -2.33. The Bertz CT molecular complexity index is 3870. The summed E-state index contributed by atoms with van der Waals surface area (Å²) in [6.45, 7) is 0. The maximum atomic E-state index is 6.78. The lowest BCUT2D eigenvalue weighted by molar-refractivity contribution is 0.436. The summed E-state index contributed by atoms with van der Waals surface area (Å²) in [6.07, 6.45) is 0. The second-order valence-corrected chi connectivity index (χ2v) is 20.1. The van der Waals surface area contributed by atoms with Crippen LogP contribution in [0, 0.1) is 0 Å². The maximum Gasteiger partial charge on any atom is 0.132 e. The van der Waals surface area contributed by atoms with E-state index in [9.17, 15) is 0 Å². The van der Waals surface area contributed by atoms with E-state index in [-0.39, 0.29) is 0 Å². The Kier molecular flexibility index (Phi) is 8.76. The van der Waals surface area contributed by atoms with Gasteiger partial charge >= 0.3 is 0 Å². The molecule has 2 aliphatic carbocycles. The van der Waals surface area contributed by atoms with Crippen molar-refractivity contribution < 1.29 is 4.74 Å². The van der Waals surface area contributed by atoms with E-state index in [2.05, 4.69) is 266 Å². The minimum Gasteiger partial charge on any atom is -0.457 e. The number of hydrogen-bond donors (Lipinski definition) is 0. The maximum absolute atomic E-state index is 6.78. The predicted octanol–water partition coefficient (Wildman–Crippen LogP) is 17.8. The Labute approximate surface area is 418 Å². The molecule has 2 aliphatic heterocycles. The number of nitrogens with zero attached hydrogens (tertiary/aromatic N) is 1. The number of fused-ring (bicyclic) bond motifs is 18. The smallest absolute Gasteiger partial charge is 0.132 e. The van der Waals surface area contributed by atoms with E-state index >= 15 is 0 Å². The highest BCUT2D eigenvalue weighted by atomic mass is 32.2. The number of benzene rings is 11. The molecule has 71 heavy (non-hydrogen) atoms. The van der Waals surface area contributed by atoms with Gasteiger partial charge in [-0.15, -0.1) is 0 Å². The molecule has 0 saturated heterocycles. The van der Waals surface area contributed by atoms with Crippen LogP contribution >= 0.6 is 11.8 Å². The van der Waals surface area contributed by atoms with Crippen molar-refractivity contribution in [2.45, 2.75) is 20.6 Å². The van der Waals surface area contributed by atoms with Crippen LogP contribution in [0.15, 0.2) is 271 Å². The lowest BCUT2D eigenvalue weighted by atomic mass is 9.66. The van der Waals surface area contributed by atoms with E-state index in [1.54, 1.807) is 0 Å². The van der Waals surface area contributed by atoms with Gasteiger partial charge in [0.05, 0.1) is 22.2 Å². The monoisotopic (exact) mass is 921 g/mol. The van der Waals surface area contributed by atoms with Gasteiger partial charge in [-0.05, 0) is 121 Å². The van der Waals surface area contributed by atoms with Gasteiger partial charge in [-0.1, -0.05) is 218 Å². The fraction of sp³-hybridized carbons (Fsp3) is 0.0294. The van der Waals surface area contributed by atoms with Crippen LogP contribution in [0.5, 0.6) is 11.5 Å². The molecule has 0 aromatic heterocycles. The average molecular weight is 922 g/mol. The van der Waals surface area contributed by atoms with Crippen LogP contribution in [0.3, 0.4) is 0 Å². The molecule has 2 nitrogen and oxygen atoms in total. The number of rotatable bonds is 5. The zero-order valence-electron chi connectivity index (χ0n) is 38.6. The largest absolute Gasteiger partial charge is 0.457 e. The first-order valence-corrected chi connectivity index (χ1v) is 25.3. The van der Waals surface area contributed by atoms with Crippen molar-refractivity contribution in [1.82, 2.24) is 0 Å². The molecule has 0 amide bonds. The molecular weight excluding hydrogens is 879 g/mol. The molecule has 0 bridgehead atoms. The fourth-order valence-electron chi connectivity index (χ4n) is 12.9. The molecule has 0 unspecified atom stereocenters. The first-order valence-electron chi connectivity index (χ1n) is 24.5. The Morgan fingerprint density at radius 2 is 0.775 bits per heavy atom. The number of ether oxygens (including phenoxy) is 1. The Morgan fingerprint density at radius 3 is 1.45 bits per heavy atom. The fourth-order valence-corrected chi connectivity index (χ4v) is 14.1. The molecular formula is C68H43NOS. The molecule has 2 spiro atoms. The standard InChI is InChI=1S/C68H43NOS/c1-2-19-44(20-3-1)46-21-16-22-47(43-46)45-39-41-48(42-40-45)69(59-33-18-32-58-65(59)51-24-5-7-27-53(51)67(58)54-28-8-12-35-61(54)70-62-36-13-9-29-55(62)67)60-34-17-25-50-49-23-4-6-26-52(49)68(66(50)60)56-30-10-14-37-63(56)71-64-38-15-11-31-57(64)68/h1-43H. The van der Waals surface area contributed by atoms with E-state index in [1.165, 1.54) is 87.7 Å². The van der Waals surface area contributed by atoms with Crippen LogP contribution in [-0.4, -0.2) is 0 Å². The first-order chi connectivity index (χ1) is 35.2. The second-order valence-electron chi connectivity index (χ2n) is 19.0. The lowest BCUT2D eigenvalue weighted by Gasteiger charge is -2.42. The zero-order valence-corrected chi connectivity index (χ0v) is 39.4. The van der Waals surface area contributed by atoms with Gasteiger partial charge < -0.3 is 9.64 Å². The average Bonchev–Trinajstić information content (AvgIpc) is 3.91. The van der Waals surface area contributed by atoms with Crippen LogP contribution in [0.4, 0.5) is 17.1 Å². The van der Waals surface area contributed by atoms with Crippen LogP contribution in [0.25, 0.3) is 44.5 Å². The first kappa shape index (κ1) is 40.3. The molecule has 3 heteroatoms. The van der Waals surface area contributed by atoms with Crippen molar-refractivity contribution >= 4 is 28.8 Å². The van der Waals surface area contributed by atoms with Crippen molar-refractivity contribution in [2.75, 3.05) is 4.90 Å². The Hall–Kier alpha value is -8.63.